The van der Waals surface area contributed by atoms with E-state index in [0.29, 0.717) is 6.42 Å². The number of aromatic nitrogens is 2. The molecule has 1 N–H and O–H groups in total. The lowest BCUT2D eigenvalue weighted by molar-refractivity contribution is 0.326. The SMILES string of the molecule is CCC(F)c1cc(=O)[nH]cn1. The van der Waals surface area contributed by atoms with Crippen molar-refractivity contribution >= 4 is 0 Å². The maximum absolute atomic E-state index is 12.8. The minimum absolute atomic E-state index is 0.205. The summed E-state index contributed by atoms with van der Waals surface area (Å²) in [6.07, 6.45) is 0.424. The van der Waals surface area contributed by atoms with Gasteiger partial charge in [-0.3, -0.25) is 4.79 Å². The van der Waals surface area contributed by atoms with Gasteiger partial charge in [-0.1, -0.05) is 6.92 Å². The Kier molecular flexibility index (Phi) is 2.36. The van der Waals surface area contributed by atoms with Crippen molar-refractivity contribution in [2.45, 2.75) is 19.5 Å². The van der Waals surface area contributed by atoms with Gasteiger partial charge in [-0.05, 0) is 6.42 Å². The molecule has 0 aromatic carbocycles. The zero-order valence-electron chi connectivity index (χ0n) is 6.17. The average molecular weight is 156 g/mol. The Hall–Kier alpha value is -1.19. The fraction of sp³-hybridized carbons (Fsp3) is 0.429. The summed E-state index contributed by atoms with van der Waals surface area (Å²) in [6.45, 7) is 1.70. The molecule has 0 aliphatic heterocycles. The molecule has 0 radical (unpaired) electrons. The van der Waals surface area contributed by atoms with Gasteiger partial charge in [0.25, 0.3) is 5.56 Å². The molecule has 0 fully saturated rings. The van der Waals surface area contributed by atoms with Gasteiger partial charge in [-0.15, -0.1) is 0 Å². The summed E-state index contributed by atoms with van der Waals surface area (Å²) in [5, 5.41) is 0. The smallest absolute Gasteiger partial charge is 0.251 e. The summed E-state index contributed by atoms with van der Waals surface area (Å²) >= 11 is 0. The monoisotopic (exact) mass is 156 g/mol. The van der Waals surface area contributed by atoms with Gasteiger partial charge in [0.2, 0.25) is 0 Å². The van der Waals surface area contributed by atoms with Crippen LogP contribution in [0.25, 0.3) is 0 Å². The number of hydrogen-bond acceptors (Lipinski definition) is 2. The van der Waals surface area contributed by atoms with Crippen molar-refractivity contribution in [3.8, 4) is 0 Å². The molecular formula is C7H9FN2O. The van der Waals surface area contributed by atoms with Crippen molar-refractivity contribution in [1.82, 2.24) is 9.97 Å². The predicted octanol–water partition coefficient (Wildman–Crippen LogP) is 1.19. The minimum atomic E-state index is -1.13. The summed E-state index contributed by atoms with van der Waals surface area (Å²) in [7, 11) is 0. The highest BCUT2D eigenvalue weighted by molar-refractivity contribution is 5.01. The summed E-state index contributed by atoms with van der Waals surface area (Å²) in [4.78, 5) is 16.6. The zero-order chi connectivity index (χ0) is 8.27. The third kappa shape index (κ3) is 1.86. The zero-order valence-corrected chi connectivity index (χ0v) is 6.17. The molecule has 1 unspecified atom stereocenters. The van der Waals surface area contributed by atoms with Crippen LogP contribution in [0.5, 0.6) is 0 Å². The third-order valence-corrected chi connectivity index (χ3v) is 1.38. The van der Waals surface area contributed by atoms with Crippen LogP contribution in [0.4, 0.5) is 4.39 Å². The van der Waals surface area contributed by atoms with E-state index in [9.17, 15) is 9.18 Å². The van der Waals surface area contributed by atoms with E-state index in [1.807, 2.05) is 0 Å². The molecule has 0 spiro atoms. The lowest BCUT2D eigenvalue weighted by Gasteiger charge is -2.01. The van der Waals surface area contributed by atoms with Crippen LogP contribution in [0.3, 0.4) is 0 Å². The molecule has 1 aromatic rings. The Balaban J connectivity index is 2.96. The van der Waals surface area contributed by atoms with E-state index in [1.165, 1.54) is 12.4 Å². The molecule has 0 saturated carbocycles. The molecule has 1 aromatic heterocycles. The highest BCUT2D eigenvalue weighted by Gasteiger charge is 2.07. The van der Waals surface area contributed by atoms with Crippen molar-refractivity contribution in [3.63, 3.8) is 0 Å². The van der Waals surface area contributed by atoms with Crippen molar-refractivity contribution in [1.29, 1.82) is 0 Å². The molecule has 1 heterocycles. The lowest BCUT2D eigenvalue weighted by atomic mass is 10.2. The highest BCUT2D eigenvalue weighted by Crippen LogP contribution is 2.15. The van der Waals surface area contributed by atoms with Crippen molar-refractivity contribution in [2.75, 3.05) is 0 Å². The molecular weight excluding hydrogens is 147 g/mol. The summed E-state index contributed by atoms with van der Waals surface area (Å²) in [6, 6.07) is 1.17. The van der Waals surface area contributed by atoms with Crippen LogP contribution in [-0.2, 0) is 0 Å². The number of nitrogens with one attached hydrogen (secondary N) is 1. The van der Waals surface area contributed by atoms with Gasteiger partial charge in [0.05, 0.1) is 12.0 Å². The number of rotatable bonds is 2. The predicted molar refractivity (Wildman–Crippen MR) is 39.0 cm³/mol. The van der Waals surface area contributed by atoms with Crippen LogP contribution in [0.15, 0.2) is 17.2 Å². The molecule has 0 aliphatic carbocycles. The lowest BCUT2D eigenvalue weighted by Crippen LogP contribution is -2.07. The van der Waals surface area contributed by atoms with E-state index >= 15 is 0 Å². The Morgan fingerprint density at radius 2 is 2.55 bits per heavy atom. The number of aromatic amines is 1. The normalized spacial score (nSPS) is 12.9. The second kappa shape index (κ2) is 3.27. The van der Waals surface area contributed by atoms with Crippen molar-refractivity contribution < 1.29 is 4.39 Å². The standard InChI is InChI=1S/C7H9FN2O/c1-2-5(8)6-3-7(11)10-4-9-6/h3-5H,2H2,1H3,(H,9,10,11). The van der Waals surface area contributed by atoms with Crippen LogP contribution < -0.4 is 5.56 Å². The van der Waals surface area contributed by atoms with Crippen LogP contribution in [0, 0.1) is 0 Å². The van der Waals surface area contributed by atoms with Gasteiger partial charge in [0.15, 0.2) is 0 Å². The van der Waals surface area contributed by atoms with Gasteiger partial charge in [0, 0.05) is 6.07 Å². The van der Waals surface area contributed by atoms with Gasteiger partial charge in [-0.25, -0.2) is 9.37 Å². The molecule has 4 heteroatoms. The van der Waals surface area contributed by atoms with Crippen LogP contribution in [-0.4, -0.2) is 9.97 Å². The summed E-state index contributed by atoms with van der Waals surface area (Å²) in [5.74, 6) is 0. The number of H-pyrrole nitrogens is 1. The van der Waals surface area contributed by atoms with E-state index in [1.54, 1.807) is 6.92 Å². The first-order chi connectivity index (χ1) is 5.24. The Bertz CT molecular complexity index is 284. The fourth-order valence-corrected chi connectivity index (χ4v) is 0.764. The van der Waals surface area contributed by atoms with Gasteiger partial charge in [-0.2, -0.15) is 0 Å². The molecule has 0 amide bonds. The largest absolute Gasteiger partial charge is 0.313 e. The first-order valence-electron chi connectivity index (χ1n) is 3.42. The first kappa shape index (κ1) is 7.91. The van der Waals surface area contributed by atoms with Crippen molar-refractivity contribution in [3.05, 3.63) is 28.4 Å². The second-order valence-electron chi connectivity index (χ2n) is 2.21. The summed E-state index contributed by atoms with van der Waals surface area (Å²) in [5.41, 5.74) is -0.109. The maximum Gasteiger partial charge on any atom is 0.251 e. The van der Waals surface area contributed by atoms with Crippen molar-refractivity contribution in [2.24, 2.45) is 0 Å². The number of hydrogen-bond donors (Lipinski definition) is 1. The fourth-order valence-electron chi connectivity index (χ4n) is 0.764. The number of nitrogens with zero attached hydrogens (tertiary/aromatic N) is 1. The van der Waals surface area contributed by atoms with Gasteiger partial charge >= 0.3 is 0 Å². The molecule has 60 valence electrons. The molecule has 0 saturated heterocycles. The Morgan fingerprint density at radius 1 is 1.82 bits per heavy atom. The molecule has 1 rings (SSSR count). The number of alkyl halides is 1. The Morgan fingerprint density at radius 3 is 3.09 bits per heavy atom. The topological polar surface area (TPSA) is 45.8 Å². The quantitative estimate of drug-likeness (QED) is 0.699. The van der Waals surface area contributed by atoms with Crippen LogP contribution in [0.2, 0.25) is 0 Å². The first-order valence-corrected chi connectivity index (χ1v) is 3.42. The maximum atomic E-state index is 12.8. The minimum Gasteiger partial charge on any atom is -0.313 e. The molecule has 0 aliphatic rings. The van der Waals surface area contributed by atoms with E-state index < -0.39 is 6.17 Å². The summed E-state index contributed by atoms with van der Waals surface area (Å²) < 4.78 is 12.8. The third-order valence-electron chi connectivity index (χ3n) is 1.38. The van der Waals surface area contributed by atoms with Gasteiger partial charge < -0.3 is 4.98 Å². The van der Waals surface area contributed by atoms with E-state index in [2.05, 4.69) is 9.97 Å². The molecule has 3 nitrogen and oxygen atoms in total. The van der Waals surface area contributed by atoms with Crippen LogP contribution in [0.1, 0.15) is 25.2 Å². The molecule has 11 heavy (non-hydrogen) atoms. The van der Waals surface area contributed by atoms with Gasteiger partial charge in [0.1, 0.15) is 6.17 Å². The molecule has 0 bridgehead atoms. The highest BCUT2D eigenvalue weighted by atomic mass is 19.1. The van der Waals surface area contributed by atoms with E-state index in [0.717, 1.165) is 0 Å². The Labute approximate surface area is 63.3 Å². The van der Waals surface area contributed by atoms with Crippen LogP contribution >= 0.6 is 0 Å². The van der Waals surface area contributed by atoms with E-state index in [-0.39, 0.29) is 11.3 Å². The second-order valence-corrected chi connectivity index (χ2v) is 2.21. The number of halogens is 1. The average Bonchev–Trinajstić information content (AvgIpc) is 2.03. The van der Waals surface area contributed by atoms with E-state index in [4.69, 9.17) is 0 Å². The molecule has 1 atom stereocenters.